The van der Waals surface area contributed by atoms with Crippen molar-refractivity contribution in [3.8, 4) is 0 Å². The van der Waals surface area contributed by atoms with Gasteiger partial charge in [-0.25, -0.2) is 4.39 Å². The molecular weight excluding hydrogens is 233 g/mol. The predicted octanol–water partition coefficient (Wildman–Crippen LogP) is 2.42. The van der Waals surface area contributed by atoms with E-state index in [1.165, 1.54) is 12.1 Å². The molecule has 0 aliphatic carbocycles. The number of hydrogen-bond acceptors (Lipinski definition) is 3. The van der Waals surface area contributed by atoms with E-state index in [4.69, 9.17) is 22.5 Å². The fourth-order valence-electron chi connectivity index (χ4n) is 1.16. The van der Waals surface area contributed by atoms with Gasteiger partial charge in [-0.05, 0) is 24.6 Å². The summed E-state index contributed by atoms with van der Waals surface area (Å²) in [5, 5.41) is 14.2. The molecule has 1 rings (SSSR count). The van der Waals surface area contributed by atoms with Crippen molar-refractivity contribution >= 4 is 23.1 Å². The van der Waals surface area contributed by atoms with E-state index in [0.29, 0.717) is 25.1 Å². The van der Waals surface area contributed by atoms with Gasteiger partial charge < -0.3 is 16.3 Å². The summed E-state index contributed by atoms with van der Waals surface area (Å²) in [6, 6.07) is 4.50. The lowest BCUT2D eigenvalue weighted by Crippen LogP contribution is -2.13. The summed E-state index contributed by atoms with van der Waals surface area (Å²) in [5.41, 5.74) is 5.95. The molecule has 0 radical (unpaired) electrons. The van der Waals surface area contributed by atoms with Crippen molar-refractivity contribution in [2.45, 2.75) is 12.8 Å². The van der Waals surface area contributed by atoms with Gasteiger partial charge >= 0.3 is 0 Å². The lowest BCUT2D eigenvalue weighted by atomic mass is 10.2. The Morgan fingerprint density at radius 1 is 1.56 bits per heavy atom. The van der Waals surface area contributed by atoms with Gasteiger partial charge in [0, 0.05) is 18.7 Å². The average molecular weight is 246 g/mol. The zero-order valence-electron chi connectivity index (χ0n) is 8.58. The maximum absolute atomic E-state index is 13.0. The third-order valence-corrected chi connectivity index (χ3v) is 2.29. The Kier molecular flexibility index (Phi) is 4.85. The number of anilines is 1. The number of amidine groups is 1. The Morgan fingerprint density at radius 2 is 2.31 bits per heavy atom. The van der Waals surface area contributed by atoms with Crippen molar-refractivity contribution < 1.29 is 9.60 Å². The molecule has 0 saturated heterocycles. The van der Waals surface area contributed by atoms with E-state index >= 15 is 0 Å². The molecule has 0 saturated carbocycles. The second kappa shape index (κ2) is 6.17. The largest absolute Gasteiger partial charge is 0.409 e. The SMILES string of the molecule is NC(CCCNc1ccc(Cl)c(F)c1)=NO. The molecule has 88 valence electrons. The maximum atomic E-state index is 13.0. The first-order chi connectivity index (χ1) is 7.63. The van der Waals surface area contributed by atoms with Crippen LogP contribution in [0.3, 0.4) is 0 Å². The van der Waals surface area contributed by atoms with Crippen molar-refractivity contribution in [3.05, 3.63) is 29.0 Å². The molecule has 6 heteroatoms. The van der Waals surface area contributed by atoms with Crippen LogP contribution in [0.4, 0.5) is 10.1 Å². The minimum atomic E-state index is -0.455. The first kappa shape index (κ1) is 12.6. The summed E-state index contributed by atoms with van der Waals surface area (Å²) in [5.74, 6) is -0.271. The highest BCUT2D eigenvalue weighted by Crippen LogP contribution is 2.18. The van der Waals surface area contributed by atoms with Crippen molar-refractivity contribution in [1.82, 2.24) is 0 Å². The van der Waals surface area contributed by atoms with Crippen molar-refractivity contribution in [1.29, 1.82) is 0 Å². The highest BCUT2D eigenvalue weighted by atomic mass is 35.5. The molecule has 0 bridgehead atoms. The number of oxime groups is 1. The molecule has 0 spiro atoms. The first-order valence-corrected chi connectivity index (χ1v) is 5.16. The van der Waals surface area contributed by atoms with Gasteiger partial charge in [-0.15, -0.1) is 0 Å². The number of nitrogens with zero attached hydrogens (tertiary/aromatic N) is 1. The lowest BCUT2D eigenvalue weighted by molar-refractivity contribution is 0.316. The molecular formula is C10H13ClFN3O. The molecule has 0 heterocycles. The van der Waals surface area contributed by atoms with Gasteiger partial charge in [0.1, 0.15) is 11.7 Å². The second-order valence-corrected chi connectivity index (χ2v) is 3.66. The van der Waals surface area contributed by atoms with Crippen LogP contribution in [-0.4, -0.2) is 17.6 Å². The van der Waals surface area contributed by atoms with Gasteiger partial charge in [-0.1, -0.05) is 16.8 Å². The maximum Gasteiger partial charge on any atom is 0.143 e. The number of nitrogens with two attached hydrogens (primary N) is 1. The predicted molar refractivity (Wildman–Crippen MR) is 62.5 cm³/mol. The monoisotopic (exact) mass is 245 g/mol. The number of hydrogen-bond donors (Lipinski definition) is 3. The Morgan fingerprint density at radius 3 is 2.94 bits per heavy atom. The van der Waals surface area contributed by atoms with Gasteiger partial charge in [0.15, 0.2) is 0 Å². The van der Waals surface area contributed by atoms with E-state index in [1.807, 2.05) is 0 Å². The number of benzene rings is 1. The topological polar surface area (TPSA) is 70.6 Å². The second-order valence-electron chi connectivity index (χ2n) is 3.25. The van der Waals surface area contributed by atoms with Crippen molar-refractivity contribution in [2.24, 2.45) is 10.9 Å². The van der Waals surface area contributed by atoms with Gasteiger partial charge in [0.05, 0.1) is 5.02 Å². The van der Waals surface area contributed by atoms with E-state index in [-0.39, 0.29) is 10.9 Å². The Bertz CT molecular complexity index is 384. The van der Waals surface area contributed by atoms with E-state index in [0.717, 1.165) is 0 Å². The molecule has 16 heavy (non-hydrogen) atoms. The minimum Gasteiger partial charge on any atom is -0.409 e. The lowest BCUT2D eigenvalue weighted by Gasteiger charge is -2.06. The van der Waals surface area contributed by atoms with E-state index in [9.17, 15) is 4.39 Å². The van der Waals surface area contributed by atoms with Crippen LogP contribution in [0.15, 0.2) is 23.4 Å². The fourth-order valence-corrected chi connectivity index (χ4v) is 1.28. The summed E-state index contributed by atoms with van der Waals surface area (Å²) in [4.78, 5) is 0. The molecule has 0 fully saturated rings. The van der Waals surface area contributed by atoms with Crippen molar-refractivity contribution in [2.75, 3.05) is 11.9 Å². The average Bonchev–Trinajstić information content (AvgIpc) is 2.28. The molecule has 4 nitrogen and oxygen atoms in total. The summed E-state index contributed by atoms with van der Waals surface area (Å²) in [7, 11) is 0. The smallest absolute Gasteiger partial charge is 0.143 e. The number of halogens is 2. The first-order valence-electron chi connectivity index (χ1n) is 4.79. The van der Waals surface area contributed by atoms with Crippen LogP contribution in [0.2, 0.25) is 5.02 Å². The highest BCUT2D eigenvalue weighted by Gasteiger charge is 2.00. The molecule has 0 amide bonds. The zero-order chi connectivity index (χ0) is 12.0. The molecule has 0 aliphatic rings. The van der Waals surface area contributed by atoms with Crippen LogP contribution >= 0.6 is 11.6 Å². The normalized spacial score (nSPS) is 11.5. The van der Waals surface area contributed by atoms with Gasteiger partial charge in [0.25, 0.3) is 0 Å². The molecule has 1 aromatic rings. The summed E-state index contributed by atoms with van der Waals surface area (Å²) in [6.45, 7) is 0.608. The zero-order valence-corrected chi connectivity index (χ0v) is 9.34. The van der Waals surface area contributed by atoms with Gasteiger partial charge in [-0.2, -0.15) is 0 Å². The number of rotatable bonds is 5. The van der Waals surface area contributed by atoms with Crippen LogP contribution in [-0.2, 0) is 0 Å². The fraction of sp³-hybridized carbons (Fsp3) is 0.300. The van der Waals surface area contributed by atoms with E-state index in [1.54, 1.807) is 6.07 Å². The quantitative estimate of drug-likeness (QED) is 0.245. The van der Waals surface area contributed by atoms with Gasteiger partial charge in [-0.3, -0.25) is 0 Å². The van der Waals surface area contributed by atoms with E-state index < -0.39 is 5.82 Å². The number of nitrogens with one attached hydrogen (secondary N) is 1. The molecule has 0 aromatic heterocycles. The minimum absolute atomic E-state index is 0.0993. The summed E-state index contributed by atoms with van der Waals surface area (Å²) in [6.07, 6.45) is 1.18. The highest BCUT2D eigenvalue weighted by molar-refractivity contribution is 6.30. The standard InChI is InChI=1S/C10H13ClFN3O/c11-8-4-3-7(6-9(8)12)14-5-1-2-10(13)15-16/h3-4,6,14,16H,1-2,5H2,(H2,13,15). The molecule has 4 N–H and O–H groups in total. The Hall–Kier alpha value is -1.49. The Labute approximate surface area is 97.9 Å². The summed E-state index contributed by atoms with van der Waals surface area (Å²) >= 11 is 5.54. The van der Waals surface area contributed by atoms with Crippen LogP contribution in [0, 0.1) is 5.82 Å². The Balaban J connectivity index is 2.35. The van der Waals surface area contributed by atoms with Crippen LogP contribution in [0.5, 0.6) is 0 Å². The van der Waals surface area contributed by atoms with Crippen LogP contribution < -0.4 is 11.1 Å². The third-order valence-electron chi connectivity index (χ3n) is 1.99. The molecule has 0 unspecified atom stereocenters. The molecule has 1 aromatic carbocycles. The molecule has 0 aliphatic heterocycles. The summed E-state index contributed by atoms with van der Waals surface area (Å²) < 4.78 is 13.0. The van der Waals surface area contributed by atoms with E-state index in [2.05, 4.69) is 10.5 Å². The molecule has 0 atom stereocenters. The van der Waals surface area contributed by atoms with Crippen molar-refractivity contribution in [3.63, 3.8) is 0 Å². The van der Waals surface area contributed by atoms with Crippen LogP contribution in [0.25, 0.3) is 0 Å². The van der Waals surface area contributed by atoms with Crippen LogP contribution in [0.1, 0.15) is 12.8 Å². The third kappa shape index (κ3) is 3.94. The van der Waals surface area contributed by atoms with Gasteiger partial charge in [0.2, 0.25) is 0 Å².